The van der Waals surface area contributed by atoms with Crippen molar-refractivity contribution in [3.8, 4) is 11.6 Å². The maximum absolute atomic E-state index is 5.64. The van der Waals surface area contributed by atoms with E-state index in [9.17, 15) is 0 Å². The number of alkyl halides is 1. The van der Waals surface area contributed by atoms with Gasteiger partial charge < -0.3 is 4.74 Å². The zero-order valence-electron chi connectivity index (χ0n) is 8.98. The molecule has 2 rings (SSSR count). The summed E-state index contributed by atoms with van der Waals surface area (Å²) in [5.74, 6) is 1.44. The predicted octanol–water partition coefficient (Wildman–Crippen LogP) is 4.08. The summed E-state index contributed by atoms with van der Waals surface area (Å²) < 4.78 is 5.64. The highest BCUT2D eigenvalue weighted by Crippen LogP contribution is 2.21. The lowest BCUT2D eigenvalue weighted by atomic mass is 10.2. The monoisotopic (exact) mass is 277 g/mol. The summed E-state index contributed by atoms with van der Waals surface area (Å²) in [6.45, 7) is 2.04. The molecule has 0 bridgehead atoms. The second kappa shape index (κ2) is 5.12. The van der Waals surface area contributed by atoms with Crippen LogP contribution in [0.4, 0.5) is 0 Å². The van der Waals surface area contributed by atoms with E-state index in [-0.39, 0.29) is 0 Å². The Morgan fingerprint density at radius 3 is 2.56 bits per heavy atom. The number of hydrogen-bond acceptors (Lipinski definition) is 2. The van der Waals surface area contributed by atoms with Gasteiger partial charge in [-0.05, 0) is 24.6 Å². The summed E-state index contributed by atoms with van der Waals surface area (Å²) >= 11 is 3.41. The van der Waals surface area contributed by atoms with E-state index in [1.807, 2.05) is 49.4 Å². The summed E-state index contributed by atoms with van der Waals surface area (Å²) in [4.78, 5) is 4.42. The number of hydrogen-bond donors (Lipinski definition) is 0. The molecule has 1 aromatic heterocycles. The fourth-order valence-corrected chi connectivity index (χ4v) is 1.92. The van der Waals surface area contributed by atoms with Crippen LogP contribution in [0.25, 0.3) is 0 Å². The number of para-hydroxylation sites is 1. The van der Waals surface area contributed by atoms with Crippen LogP contribution >= 0.6 is 15.9 Å². The van der Waals surface area contributed by atoms with Gasteiger partial charge in [-0.2, -0.15) is 0 Å². The molecule has 0 saturated carbocycles. The Balaban J connectivity index is 2.22. The summed E-state index contributed by atoms with van der Waals surface area (Å²) in [7, 11) is 0. The summed E-state index contributed by atoms with van der Waals surface area (Å²) in [6, 6.07) is 13.6. The standard InChI is InChI=1S/C13H12BrNO/c1-10-7-8-13(15-12(10)9-14)16-11-5-3-2-4-6-11/h2-8H,9H2,1H3. The van der Waals surface area contributed by atoms with Gasteiger partial charge in [0, 0.05) is 11.4 Å². The van der Waals surface area contributed by atoms with Gasteiger partial charge in [0.1, 0.15) is 5.75 Å². The Bertz CT molecular complexity index is 471. The predicted molar refractivity (Wildman–Crippen MR) is 68.1 cm³/mol. The van der Waals surface area contributed by atoms with Crippen molar-refractivity contribution in [1.29, 1.82) is 0 Å². The van der Waals surface area contributed by atoms with Crippen molar-refractivity contribution in [3.63, 3.8) is 0 Å². The Kier molecular flexibility index (Phi) is 3.57. The molecule has 0 unspecified atom stereocenters. The van der Waals surface area contributed by atoms with E-state index in [2.05, 4.69) is 20.9 Å². The van der Waals surface area contributed by atoms with Crippen LogP contribution < -0.4 is 4.74 Å². The fourth-order valence-electron chi connectivity index (χ4n) is 1.35. The smallest absolute Gasteiger partial charge is 0.219 e. The molecule has 82 valence electrons. The van der Waals surface area contributed by atoms with Crippen molar-refractivity contribution in [3.05, 3.63) is 53.7 Å². The molecule has 0 N–H and O–H groups in total. The molecule has 0 atom stereocenters. The normalized spacial score (nSPS) is 10.1. The van der Waals surface area contributed by atoms with Crippen molar-refractivity contribution >= 4 is 15.9 Å². The van der Waals surface area contributed by atoms with Crippen LogP contribution in [0.2, 0.25) is 0 Å². The van der Waals surface area contributed by atoms with Crippen molar-refractivity contribution < 1.29 is 4.74 Å². The maximum atomic E-state index is 5.64. The number of nitrogens with zero attached hydrogens (tertiary/aromatic N) is 1. The molecule has 1 aromatic carbocycles. The molecule has 0 aliphatic carbocycles. The number of aromatic nitrogens is 1. The molecule has 0 spiro atoms. The van der Waals surface area contributed by atoms with Crippen molar-refractivity contribution in [2.45, 2.75) is 12.3 Å². The molecule has 0 saturated heterocycles. The zero-order chi connectivity index (χ0) is 11.4. The Labute approximate surface area is 103 Å². The minimum atomic E-state index is 0.631. The molecule has 0 aliphatic rings. The van der Waals surface area contributed by atoms with Crippen molar-refractivity contribution in [2.24, 2.45) is 0 Å². The lowest BCUT2D eigenvalue weighted by molar-refractivity contribution is 0.461. The summed E-state index contributed by atoms with van der Waals surface area (Å²) in [6.07, 6.45) is 0. The quantitative estimate of drug-likeness (QED) is 0.789. The average Bonchev–Trinajstić information content (AvgIpc) is 2.33. The van der Waals surface area contributed by atoms with Gasteiger partial charge in [-0.25, -0.2) is 4.98 Å². The van der Waals surface area contributed by atoms with Crippen LogP contribution in [-0.2, 0) is 5.33 Å². The van der Waals surface area contributed by atoms with Gasteiger partial charge >= 0.3 is 0 Å². The third kappa shape index (κ3) is 2.61. The molecule has 16 heavy (non-hydrogen) atoms. The Morgan fingerprint density at radius 1 is 1.12 bits per heavy atom. The highest BCUT2D eigenvalue weighted by Gasteiger charge is 2.02. The highest BCUT2D eigenvalue weighted by atomic mass is 79.9. The maximum Gasteiger partial charge on any atom is 0.219 e. The van der Waals surface area contributed by atoms with Gasteiger partial charge in [0.25, 0.3) is 0 Å². The van der Waals surface area contributed by atoms with Gasteiger partial charge in [-0.3, -0.25) is 0 Å². The molecule has 0 fully saturated rings. The second-order valence-corrected chi connectivity index (χ2v) is 4.02. The number of rotatable bonds is 3. The fraction of sp³-hybridized carbons (Fsp3) is 0.154. The van der Waals surface area contributed by atoms with E-state index in [0.29, 0.717) is 5.88 Å². The van der Waals surface area contributed by atoms with Crippen LogP contribution in [-0.4, -0.2) is 4.98 Å². The molecule has 3 heteroatoms. The first-order chi connectivity index (χ1) is 7.79. The zero-order valence-corrected chi connectivity index (χ0v) is 10.6. The average molecular weight is 278 g/mol. The van der Waals surface area contributed by atoms with E-state index < -0.39 is 0 Å². The van der Waals surface area contributed by atoms with Crippen molar-refractivity contribution in [2.75, 3.05) is 0 Å². The lowest BCUT2D eigenvalue weighted by Crippen LogP contribution is -1.94. The van der Waals surface area contributed by atoms with E-state index in [1.54, 1.807) is 0 Å². The van der Waals surface area contributed by atoms with Gasteiger partial charge in [0.2, 0.25) is 5.88 Å². The number of halogens is 1. The topological polar surface area (TPSA) is 22.1 Å². The molecule has 2 nitrogen and oxygen atoms in total. The Morgan fingerprint density at radius 2 is 1.88 bits per heavy atom. The molecule has 0 aliphatic heterocycles. The van der Waals surface area contributed by atoms with Crippen LogP contribution in [0.15, 0.2) is 42.5 Å². The van der Waals surface area contributed by atoms with Crippen LogP contribution in [0.1, 0.15) is 11.3 Å². The Hall–Kier alpha value is -1.35. The highest BCUT2D eigenvalue weighted by molar-refractivity contribution is 9.08. The van der Waals surface area contributed by atoms with Crippen molar-refractivity contribution in [1.82, 2.24) is 4.98 Å². The first-order valence-corrected chi connectivity index (χ1v) is 6.17. The number of benzene rings is 1. The van der Waals surface area contributed by atoms with Gasteiger partial charge in [-0.1, -0.05) is 40.2 Å². The SMILES string of the molecule is Cc1ccc(Oc2ccccc2)nc1CBr. The molecule has 2 aromatic rings. The lowest BCUT2D eigenvalue weighted by Gasteiger charge is -2.07. The molecular weight excluding hydrogens is 266 g/mol. The molecule has 1 heterocycles. The summed E-state index contributed by atoms with van der Waals surface area (Å²) in [5, 5.41) is 0.741. The minimum absolute atomic E-state index is 0.631. The number of ether oxygens (including phenoxy) is 1. The van der Waals surface area contributed by atoms with Crippen LogP contribution in [0, 0.1) is 6.92 Å². The van der Waals surface area contributed by atoms with E-state index >= 15 is 0 Å². The van der Waals surface area contributed by atoms with E-state index in [0.717, 1.165) is 22.3 Å². The molecular formula is C13H12BrNO. The molecule has 0 radical (unpaired) electrons. The summed E-state index contributed by atoms with van der Waals surface area (Å²) in [5.41, 5.74) is 2.17. The largest absolute Gasteiger partial charge is 0.439 e. The molecule has 0 amide bonds. The van der Waals surface area contributed by atoms with Gasteiger partial charge in [0.05, 0.1) is 5.69 Å². The minimum Gasteiger partial charge on any atom is -0.439 e. The van der Waals surface area contributed by atoms with Crippen LogP contribution in [0.3, 0.4) is 0 Å². The number of aryl methyl sites for hydroxylation is 1. The van der Waals surface area contributed by atoms with Crippen LogP contribution in [0.5, 0.6) is 11.6 Å². The first kappa shape index (κ1) is 11.1. The second-order valence-electron chi connectivity index (χ2n) is 3.46. The van der Waals surface area contributed by atoms with Gasteiger partial charge in [-0.15, -0.1) is 0 Å². The first-order valence-electron chi connectivity index (χ1n) is 5.05. The van der Waals surface area contributed by atoms with Gasteiger partial charge in [0.15, 0.2) is 0 Å². The van der Waals surface area contributed by atoms with E-state index in [4.69, 9.17) is 4.74 Å². The van der Waals surface area contributed by atoms with E-state index in [1.165, 1.54) is 0 Å². The number of pyridine rings is 1. The third-order valence-electron chi connectivity index (χ3n) is 2.27. The third-order valence-corrected chi connectivity index (χ3v) is 2.80.